The predicted octanol–water partition coefficient (Wildman–Crippen LogP) is -0.193. The third-order valence-corrected chi connectivity index (χ3v) is 1.20. The van der Waals surface area contributed by atoms with Crippen LogP contribution in [-0.2, 0) is 9.53 Å². The highest BCUT2D eigenvalue weighted by Gasteiger charge is 1.99. The van der Waals surface area contributed by atoms with Crippen LogP contribution >= 0.6 is 12.6 Å². The molecular formula is C5H11NO2S. The first kappa shape index (κ1) is 8.78. The SMILES string of the molecule is CC(=O)OCC(N)CS. The summed E-state index contributed by atoms with van der Waals surface area (Å²) >= 11 is 3.90. The van der Waals surface area contributed by atoms with Gasteiger partial charge in [-0.1, -0.05) is 0 Å². The molecule has 0 aromatic carbocycles. The summed E-state index contributed by atoms with van der Waals surface area (Å²) in [4.78, 5) is 10.2. The molecule has 0 aliphatic heterocycles. The van der Waals surface area contributed by atoms with Crippen molar-refractivity contribution in [3.8, 4) is 0 Å². The molecule has 0 rings (SSSR count). The van der Waals surface area contributed by atoms with Crippen molar-refractivity contribution in [2.24, 2.45) is 5.73 Å². The lowest BCUT2D eigenvalue weighted by Crippen LogP contribution is -2.28. The molecule has 0 amide bonds. The van der Waals surface area contributed by atoms with Gasteiger partial charge in [-0.15, -0.1) is 0 Å². The van der Waals surface area contributed by atoms with Crippen LogP contribution in [0, 0.1) is 0 Å². The Morgan fingerprint density at radius 2 is 2.44 bits per heavy atom. The van der Waals surface area contributed by atoms with E-state index in [2.05, 4.69) is 17.4 Å². The predicted molar refractivity (Wildman–Crippen MR) is 38.5 cm³/mol. The van der Waals surface area contributed by atoms with Crippen LogP contribution in [-0.4, -0.2) is 24.4 Å². The number of thiol groups is 1. The third-order valence-electron chi connectivity index (χ3n) is 0.735. The highest BCUT2D eigenvalue weighted by molar-refractivity contribution is 7.80. The Balaban J connectivity index is 3.16. The Morgan fingerprint density at radius 3 is 2.78 bits per heavy atom. The molecule has 2 N–H and O–H groups in total. The van der Waals surface area contributed by atoms with Gasteiger partial charge in [0.05, 0.1) is 0 Å². The van der Waals surface area contributed by atoms with Gasteiger partial charge in [0, 0.05) is 18.7 Å². The van der Waals surface area contributed by atoms with Gasteiger partial charge in [-0.05, 0) is 0 Å². The number of ether oxygens (including phenoxy) is 1. The van der Waals surface area contributed by atoms with Crippen molar-refractivity contribution in [2.75, 3.05) is 12.4 Å². The third kappa shape index (κ3) is 5.65. The van der Waals surface area contributed by atoms with Crippen molar-refractivity contribution in [1.82, 2.24) is 0 Å². The summed E-state index contributed by atoms with van der Waals surface area (Å²) < 4.78 is 4.58. The molecule has 0 aromatic heterocycles. The van der Waals surface area contributed by atoms with Gasteiger partial charge in [0.1, 0.15) is 6.61 Å². The Morgan fingerprint density at radius 1 is 1.89 bits per heavy atom. The zero-order valence-electron chi connectivity index (χ0n) is 5.33. The summed E-state index contributed by atoms with van der Waals surface area (Å²) in [5, 5.41) is 0. The van der Waals surface area contributed by atoms with E-state index in [1.165, 1.54) is 6.92 Å². The highest BCUT2D eigenvalue weighted by Crippen LogP contribution is 1.84. The molecule has 3 nitrogen and oxygen atoms in total. The minimum absolute atomic E-state index is 0.141. The van der Waals surface area contributed by atoms with Gasteiger partial charge >= 0.3 is 5.97 Å². The van der Waals surface area contributed by atoms with Crippen LogP contribution < -0.4 is 5.73 Å². The summed E-state index contributed by atoms with van der Waals surface area (Å²) in [5.41, 5.74) is 5.37. The van der Waals surface area contributed by atoms with E-state index >= 15 is 0 Å². The van der Waals surface area contributed by atoms with Crippen LogP contribution in [0.5, 0.6) is 0 Å². The molecule has 1 atom stereocenters. The molecule has 0 fully saturated rings. The van der Waals surface area contributed by atoms with E-state index in [-0.39, 0.29) is 18.6 Å². The molecule has 54 valence electrons. The monoisotopic (exact) mass is 149 g/mol. The average molecular weight is 149 g/mol. The average Bonchev–Trinajstić information content (AvgIpc) is 1.83. The zero-order chi connectivity index (χ0) is 7.28. The number of hydrogen-bond acceptors (Lipinski definition) is 4. The number of esters is 1. The lowest BCUT2D eigenvalue weighted by Gasteiger charge is -2.06. The standard InChI is InChI=1S/C5H11NO2S/c1-4(7)8-2-5(6)3-9/h5,9H,2-3,6H2,1H3. The van der Waals surface area contributed by atoms with Crippen molar-refractivity contribution < 1.29 is 9.53 Å². The van der Waals surface area contributed by atoms with Crippen LogP contribution in [0.4, 0.5) is 0 Å². The van der Waals surface area contributed by atoms with E-state index in [9.17, 15) is 4.79 Å². The second-order valence-corrected chi connectivity index (χ2v) is 2.11. The summed E-state index contributed by atoms with van der Waals surface area (Å²) in [5.74, 6) is 0.236. The van der Waals surface area contributed by atoms with Crippen molar-refractivity contribution in [1.29, 1.82) is 0 Å². The molecule has 0 heterocycles. The van der Waals surface area contributed by atoms with Gasteiger partial charge in [-0.25, -0.2) is 0 Å². The number of hydrogen-bond donors (Lipinski definition) is 2. The number of nitrogens with two attached hydrogens (primary N) is 1. The van der Waals surface area contributed by atoms with Crippen LogP contribution in [0.2, 0.25) is 0 Å². The van der Waals surface area contributed by atoms with Crippen LogP contribution in [0.15, 0.2) is 0 Å². The molecule has 0 spiro atoms. The number of carbonyl (C=O) groups excluding carboxylic acids is 1. The van der Waals surface area contributed by atoms with Crippen molar-refractivity contribution in [3.05, 3.63) is 0 Å². The molecule has 0 aliphatic rings. The molecule has 0 bridgehead atoms. The molecule has 4 heteroatoms. The van der Waals surface area contributed by atoms with E-state index in [0.717, 1.165) is 0 Å². The second-order valence-electron chi connectivity index (χ2n) is 1.75. The molecule has 0 aromatic rings. The smallest absolute Gasteiger partial charge is 0.302 e. The van der Waals surface area contributed by atoms with Crippen LogP contribution in [0.1, 0.15) is 6.92 Å². The molecule has 0 radical (unpaired) electrons. The fourth-order valence-electron chi connectivity index (χ4n) is 0.277. The van der Waals surface area contributed by atoms with Gasteiger partial charge in [0.2, 0.25) is 0 Å². The van der Waals surface area contributed by atoms with E-state index in [4.69, 9.17) is 5.73 Å². The topological polar surface area (TPSA) is 52.3 Å². The van der Waals surface area contributed by atoms with Crippen molar-refractivity contribution in [3.63, 3.8) is 0 Å². The Hall–Kier alpha value is -0.220. The maximum atomic E-state index is 10.2. The first-order valence-corrected chi connectivity index (χ1v) is 3.30. The molecule has 0 aliphatic carbocycles. The maximum Gasteiger partial charge on any atom is 0.302 e. The van der Waals surface area contributed by atoms with Gasteiger partial charge in [0.15, 0.2) is 0 Å². The maximum absolute atomic E-state index is 10.2. The van der Waals surface area contributed by atoms with Gasteiger partial charge in [-0.2, -0.15) is 12.6 Å². The van der Waals surface area contributed by atoms with Crippen molar-refractivity contribution in [2.45, 2.75) is 13.0 Å². The number of carbonyl (C=O) groups is 1. The summed E-state index contributed by atoms with van der Waals surface area (Å²) in [6.07, 6.45) is 0. The summed E-state index contributed by atoms with van der Waals surface area (Å²) in [6, 6.07) is -0.141. The molecule has 1 unspecified atom stereocenters. The van der Waals surface area contributed by atoms with E-state index in [0.29, 0.717) is 5.75 Å². The minimum atomic E-state index is -0.299. The van der Waals surface area contributed by atoms with Crippen LogP contribution in [0.25, 0.3) is 0 Å². The zero-order valence-corrected chi connectivity index (χ0v) is 6.23. The summed E-state index contributed by atoms with van der Waals surface area (Å²) in [7, 11) is 0. The largest absolute Gasteiger partial charge is 0.464 e. The Labute approximate surface area is 60.0 Å². The molecule has 9 heavy (non-hydrogen) atoms. The minimum Gasteiger partial charge on any atom is -0.464 e. The fourth-order valence-corrected chi connectivity index (χ4v) is 0.383. The van der Waals surface area contributed by atoms with E-state index in [1.54, 1.807) is 0 Å². The van der Waals surface area contributed by atoms with E-state index in [1.807, 2.05) is 0 Å². The highest BCUT2D eigenvalue weighted by atomic mass is 32.1. The van der Waals surface area contributed by atoms with Crippen molar-refractivity contribution >= 4 is 18.6 Å². The van der Waals surface area contributed by atoms with Gasteiger partial charge in [0.25, 0.3) is 0 Å². The summed E-state index contributed by atoms with van der Waals surface area (Å²) in [6.45, 7) is 1.62. The first-order valence-electron chi connectivity index (χ1n) is 2.66. The lowest BCUT2D eigenvalue weighted by molar-refractivity contribution is -0.141. The fraction of sp³-hybridized carbons (Fsp3) is 0.800. The normalized spacial score (nSPS) is 12.8. The first-order chi connectivity index (χ1) is 4.16. The lowest BCUT2D eigenvalue weighted by atomic mass is 10.4. The van der Waals surface area contributed by atoms with E-state index < -0.39 is 0 Å². The van der Waals surface area contributed by atoms with Crippen LogP contribution in [0.3, 0.4) is 0 Å². The molecule has 0 saturated heterocycles. The number of rotatable bonds is 3. The quantitative estimate of drug-likeness (QED) is 0.432. The second kappa shape index (κ2) is 4.64. The Bertz CT molecular complexity index is 97.0. The van der Waals surface area contributed by atoms with Gasteiger partial charge < -0.3 is 10.5 Å². The Kier molecular flexibility index (Phi) is 4.53. The molecular weight excluding hydrogens is 138 g/mol. The molecule has 0 saturated carbocycles. The van der Waals surface area contributed by atoms with Gasteiger partial charge in [-0.3, -0.25) is 4.79 Å².